The summed E-state index contributed by atoms with van der Waals surface area (Å²) in [5.74, 6) is 0.417. The average Bonchev–Trinajstić information content (AvgIpc) is 3.35. The summed E-state index contributed by atoms with van der Waals surface area (Å²) >= 11 is 1.52. The molecule has 0 radical (unpaired) electrons. The van der Waals surface area contributed by atoms with Crippen molar-refractivity contribution in [1.29, 1.82) is 0 Å². The van der Waals surface area contributed by atoms with Gasteiger partial charge in [-0.2, -0.15) is 4.98 Å². The van der Waals surface area contributed by atoms with Crippen molar-refractivity contribution in [2.45, 2.75) is 77.4 Å². The molecule has 36 heavy (non-hydrogen) atoms. The molecule has 4 atom stereocenters. The summed E-state index contributed by atoms with van der Waals surface area (Å²) in [5, 5.41) is 39.3. The lowest BCUT2D eigenvalue weighted by molar-refractivity contribution is -0.0601. The minimum absolute atomic E-state index is 0.372. The Balaban J connectivity index is 1.76. The van der Waals surface area contributed by atoms with E-state index in [1.807, 2.05) is 33.8 Å². The predicted molar refractivity (Wildman–Crippen MR) is 141 cm³/mol. The van der Waals surface area contributed by atoms with E-state index in [2.05, 4.69) is 20.6 Å². The largest absolute Gasteiger partial charge is 0.390 e. The molecule has 0 unspecified atom stereocenters. The van der Waals surface area contributed by atoms with Gasteiger partial charge in [-0.15, -0.1) is 11.3 Å². The Hall–Kier alpha value is -2.44. The Bertz CT molecular complexity index is 1240. The van der Waals surface area contributed by atoms with Gasteiger partial charge in [-0.1, -0.05) is 0 Å². The minimum atomic E-state index is -1.14. The number of thiazole rings is 1. The van der Waals surface area contributed by atoms with Crippen LogP contribution in [0.5, 0.6) is 0 Å². The second-order valence-corrected chi connectivity index (χ2v) is 11.7. The van der Waals surface area contributed by atoms with Crippen LogP contribution in [-0.2, 0) is 4.74 Å². The van der Waals surface area contributed by atoms with E-state index in [-0.39, 0.29) is 0 Å². The molecular formula is C25H36N6O4S. The fourth-order valence-electron chi connectivity index (χ4n) is 4.52. The van der Waals surface area contributed by atoms with E-state index >= 15 is 0 Å². The number of aliphatic hydroxyl groups is 3. The third-order valence-corrected chi connectivity index (χ3v) is 7.97. The summed E-state index contributed by atoms with van der Waals surface area (Å²) in [7, 11) is 1.65. The molecule has 4 rings (SSSR count). The fraction of sp³-hybridized carbons (Fsp3) is 0.600. The van der Waals surface area contributed by atoms with E-state index in [1.54, 1.807) is 27.2 Å². The molecule has 0 aromatic carbocycles. The highest BCUT2D eigenvalue weighted by Crippen LogP contribution is 2.40. The number of methoxy groups -OCH3 is 1. The van der Waals surface area contributed by atoms with Gasteiger partial charge in [0.1, 0.15) is 22.4 Å². The van der Waals surface area contributed by atoms with Crippen LogP contribution < -0.4 is 10.6 Å². The van der Waals surface area contributed by atoms with Crippen LogP contribution in [-0.4, -0.2) is 78.4 Å². The monoisotopic (exact) mass is 516 g/mol. The first-order valence-corrected chi connectivity index (χ1v) is 12.9. The maximum atomic E-state index is 10.8. The van der Waals surface area contributed by atoms with Crippen molar-refractivity contribution in [3.8, 4) is 10.6 Å². The Morgan fingerprint density at radius 3 is 2.42 bits per heavy atom. The molecule has 0 aliphatic heterocycles. The highest BCUT2D eigenvalue weighted by Gasteiger charge is 2.48. The van der Waals surface area contributed by atoms with Gasteiger partial charge >= 0.3 is 0 Å². The first-order valence-electron chi connectivity index (χ1n) is 12.1. The predicted octanol–water partition coefficient (Wildman–Crippen LogP) is 2.90. The van der Waals surface area contributed by atoms with Crippen molar-refractivity contribution in [3.63, 3.8) is 0 Å². The molecule has 3 heterocycles. The molecule has 11 heteroatoms. The molecule has 0 spiro atoms. The summed E-state index contributed by atoms with van der Waals surface area (Å²) in [6, 6.07) is 1.41. The third kappa shape index (κ3) is 5.30. The number of aromatic nitrogens is 4. The summed E-state index contributed by atoms with van der Waals surface area (Å²) < 4.78 is 6.51. The van der Waals surface area contributed by atoms with E-state index in [0.717, 1.165) is 26.5 Å². The Kier molecular flexibility index (Phi) is 7.24. The van der Waals surface area contributed by atoms with Crippen LogP contribution in [0.3, 0.4) is 0 Å². The second kappa shape index (κ2) is 9.79. The normalized spacial score (nSPS) is 22.8. The van der Waals surface area contributed by atoms with Crippen molar-refractivity contribution in [1.82, 2.24) is 19.9 Å². The molecule has 1 saturated carbocycles. The van der Waals surface area contributed by atoms with Crippen LogP contribution in [0.25, 0.3) is 20.8 Å². The zero-order chi connectivity index (χ0) is 26.4. The number of rotatable bonds is 8. The van der Waals surface area contributed by atoms with Gasteiger partial charge in [0.25, 0.3) is 0 Å². The van der Waals surface area contributed by atoms with E-state index in [0.29, 0.717) is 30.4 Å². The molecule has 0 bridgehead atoms. The smallest absolute Gasteiger partial charge is 0.225 e. The number of aryl methyl sites for hydroxylation is 2. The molecule has 1 aliphatic carbocycles. The van der Waals surface area contributed by atoms with E-state index < -0.39 is 35.4 Å². The Morgan fingerprint density at radius 1 is 1.08 bits per heavy atom. The molecule has 0 amide bonds. The number of ether oxygens (including phenoxy) is 1. The van der Waals surface area contributed by atoms with Crippen LogP contribution in [0.2, 0.25) is 0 Å². The molecular weight excluding hydrogens is 480 g/mol. The number of aliphatic hydroxyl groups excluding tert-OH is 2. The van der Waals surface area contributed by atoms with Gasteiger partial charge in [0.05, 0.1) is 45.0 Å². The van der Waals surface area contributed by atoms with Crippen molar-refractivity contribution in [2.24, 2.45) is 5.92 Å². The van der Waals surface area contributed by atoms with Gasteiger partial charge in [-0.05, 0) is 54.0 Å². The first-order chi connectivity index (χ1) is 16.8. The van der Waals surface area contributed by atoms with E-state index in [4.69, 9.17) is 14.7 Å². The van der Waals surface area contributed by atoms with Crippen LogP contribution >= 0.6 is 11.3 Å². The molecule has 5 N–H and O–H groups in total. The first kappa shape index (κ1) is 26.6. The van der Waals surface area contributed by atoms with Gasteiger partial charge < -0.3 is 30.7 Å². The number of anilines is 2. The van der Waals surface area contributed by atoms with Gasteiger partial charge in [-0.25, -0.2) is 9.97 Å². The molecule has 3 aromatic rings. The van der Waals surface area contributed by atoms with Crippen molar-refractivity contribution < 1.29 is 20.1 Å². The second-order valence-electron chi connectivity index (χ2n) is 10.7. The van der Waals surface area contributed by atoms with Crippen LogP contribution in [0.15, 0.2) is 12.3 Å². The molecule has 3 aromatic heterocycles. The van der Waals surface area contributed by atoms with Crippen molar-refractivity contribution in [2.75, 3.05) is 24.3 Å². The molecule has 196 valence electrons. The summed E-state index contributed by atoms with van der Waals surface area (Å²) in [4.78, 5) is 18.6. The van der Waals surface area contributed by atoms with Crippen LogP contribution in [0.4, 0.5) is 11.8 Å². The summed E-state index contributed by atoms with van der Waals surface area (Å²) in [5.41, 5.74) is 1.53. The number of hydrogen-bond acceptors (Lipinski definition) is 11. The maximum Gasteiger partial charge on any atom is 0.225 e. The SMILES string of the molecule is COC(C)(C)CNc1nc(C)c(-c2nc3c(C)nccc3s2)c(N[C@@H]2C[C@H](C(C)(C)O)[C@@H](O)[C@H]2O)n1. The Morgan fingerprint density at radius 2 is 1.81 bits per heavy atom. The maximum absolute atomic E-state index is 10.8. The van der Waals surface area contributed by atoms with E-state index in [1.165, 1.54) is 11.3 Å². The zero-order valence-electron chi connectivity index (χ0n) is 21.8. The minimum Gasteiger partial charge on any atom is -0.390 e. The molecule has 0 saturated heterocycles. The lowest BCUT2D eigenvalue weighted by Gasteiger charge is -2.28. The lowest BCUT2D eigenvalue weighted by Crippen LogP contribution is -2.40. The number of nitrogens with zero attached hydrogens (tertiary/aromatic N) is 4. The lowest BCUT2D eigenvalue weighted by atomic mass is 9.88. The van der Waals surface area contributed by atoms with Crippen molar-refractivity contribution in [3.05, 3.63) is 23.7 Å². The standard InChI is InChI=1S/C25H36N6O4S/c1-12-17(22-30-18-13(2)26-9-8-16(18)36-22)21(31-23(28-12)27-11-24(3,4)35-7)29-15-10-14(25(5,6)34)19(32)20(15)33/h8-9,14-15,19-20,32-34H,10-11H2,1-7H3,(H2,27,28,29,31)/t14-,15+,19+,20-/m0/s1. The highest BCUT2D eigenvalue weighted by atomic mass is 32.1. The van der Waals surface area contributed by atoms with Gasteiger partial charge in [-0.3, -0.25) is 4.98 Å². The van der Waals surface area contributed by atoms with E-state index in [9.17, 15) is 15.3 Å². The van der Waals surface area contributed by atoms with Gasteiger partial charge in [0.15, 0.2) is 0 Å². The quantitative estimate of drug-likeness (QED) is 0.303. The average molecular weight is 517 g/mol. The van der Waals surface area contributed by atoms with Crippen LogP contribution in [0.1, 0.15) is 45.5 Å². The van der Waals surface area contributed by atoms with Gasteiger partial charge in [0, 0.05) is 25.8 Å². The van der Waals surface area contributed by atoms with Gasteiger partial charge in [0.2, 0.25) is 5.95 Å². The third-order valence-electron chi connectivity index (χ3n) is 6.93. The summed E-state index contributed by atoms with van der Waals surface area (Å²) in [6.07, 6.45) is -0.00322. The fourth-order valence-corrected chi connectivity index (χ4v) is 5.63. The molecule has 1 fully saturated rings. The molecule has 1 aliphatic rings. The number of pyridine rings is 1. The van der Waals surface area contributed by atoms with Crippen LogP contribution in [0, 0.1) is 19.8 Å². The Labute approximate surface area is 215 Å². The topological polar surface area (TPSA) is 146 Å². The highest BCUT2D eigenvalue weighted by molar-refractivity contribution is 7.21. The number of nitrogens with one attached hydrogen (secondary N) is 2. The summed E-state index contributed by atoms with van der Waals surface area (Å²) in [6.45, 7) is 11.5. The zero-order valence-corrected chi connectivity index (χ0v) is 22.6. The van der Waals surface area contributed by atoms with Crippen molar-refractivity contribution >= 4 is 33.3 Å². The molecule has 10 nitrogen and oxygen atoms in total. The number of fused-ring (bicyclic) bond motifs is 1. The number of hydrogen-bond donors (Lipinski definition) is 5.